The molecule has 1 fully saturated rings. The third kappa shape index (κ3) is 9.58. The second kappa shape index (κ2) is 14.9. The highest BCUT2D eigenvalue weighted by molar-refractivity contribution is 6.02. The van der Waals surface area contributed by atoms with Crippen LogP contribution < -0.4 is 0 Å². The van der Waals surface area contributed by atoms with Crippen molar-refractivity contribution in [1.29, 1.82) is 0 Å². The average Bonchev–Trinajstić information content (AvgIpc) is 2.99. The van der Waals surface area contributed by atoms with Crippen molar-refractivity contribution < 1.29 is 9.59 Å². The van der Waals surface area contributed by atoms with E-state index in [1.54, 1.807) is 4.90 Å². The number of rotatable bonds is 16. The van der Waals surface area contributed by atoms with Gasteiger partial charge in [-0.05, 0) is 19.8 Å². The Bertz CT molecular complexity index is 439. The van der Waals surface area contributed by atoms with Crippen LogP contribution in [0.1, 0.15) is 124 Å². The molecule has 0 N–H and O–H groups in total. The highest BCUT2D eigenvalue weighted by Crippen LogP contribution is 2.25. The van der Waals surface area contributed by atoms with Gasteiger partial charge in [-0.25, -0.2) is 0 Å². The Labute approximate surface area is 168 Å². The lowest BCUT2D eigenvalue weighted by Crippen LogP contribution is -2.40. The molecule has 1 heterocycles. The highest BCUT2D eigenvalue weighted by Gasteiger charge is 2.35. The van der Waals surface area contributed by atoms with Gasteiger partial charge in [-0.2, -0.15) is 0 Å². The van der Waals surface area contributed by atoms with Gasteiger partial charge in [-0.3, -0.25) is 14.5 Å². The van der Waals surface area contributed by atoms with Crippen LogP contribution in [0.15, 0.2) is 11.6 Å². The zero-order valence-electron chi connectivity index (χ0n) is 18.2. The Morgan fingerprint density at radius 1 is 0.815 bits per heavy atom. The number of carbonyl (C=O) groups excluding carboxylic acids is 2. The van der Waals surface area contributed by atoms with Gasteiger partial charge in [-0.1, -0.05) is 103 Å². The number of carbonyl (C=O) groups is 2. The molecule has 1 aliphatic rings. The first-order valence-corrected chi connectivity index (χ1v) is 11.6. The summed E-state index contributed by atoms with van der Waals surface area (Å²) in [5, 5.41) is 0. The number of unbranched alkanes of at least 4 members (excludes halogenated alkanes) is 11. The van der Waals surface area contributed by atoms with Crippen LogP contribution in [0.3, 0.4) is 0 Å². The molecular formula is C24H43NO2. The molecule has 0 spiro atoms. The van der Waals surface area contributed by atoms with Crippen LogP contribution in [-0.2, 0) is 9.59 Å². The molecule has 0 saturated carbocycles. The Kier molecular flexibility index (Phi) is 13.2. The average molecular weight is 378 g/mol. The zero-order chi connectivity index (χ0) is 19.9. The summed E-state index contributed by atoms with van der Waals surface area (Å²) < 4.78 is 0. The van der Waals surface area contributed by atoms with E-state index >= 15 is 0 Å². The Hall–Kier alpha value is -1.12. The van der Waals surface area contributed by atoms with E-state index in [0.717, 1.165) is 25.7 Å². The molecule has 1 rings (SSSR count). The van der Waals surface area contributed by atoms with Crippen molar-refractivity contribution in [3.05, 3.63) is 11.6 Å². The van der Waals surface area contributed by atoms with Gasteiger partial charge in [0, 0.05) is 12.8 Å². The lowest BCUT2D eigenvalue weighted by atomic mass is 9.98. The van der Waals surface area contributed by atoms with Gasteiger partial charge in [-0.15, -0.1) is 0 Å². The van der Waals surface area contributed by atoms with Crippen LogP contribution in [0.2, 0.25) is 0 Å². The van der Waals surface area contributed by atoms with Crippen molar-refractivity contribution >= 4 is 11.8 Å². The number of amides is 2. The van der Waals surface area contributed by atoms with Crippen LogP contribution in [-0.4, -0.2) is 22.8 Å². The standard InChI is InChI=1S/C24H43NO2/c1-4-6-8-9-10-11-12-13-14-15-16-18-22(21(3)17-7-5-2)25-23(26)19-20-24(25)27/h17,22H,4-16,18-20H2,1-3H3. The Morgan fingerprint density at radius 2 is 1.30 bits per heavy atom. The summed E-state index contributed by atoms with van der Waals surface area (Å²) in [6, 6.07) is -0.00221. The van der Waals surface area contributed by atoms with Gasteiger partial charge in [0.05, 0.1) is 6.04 Å². The van der Waals surface area contributed by atoms with Crippen LogP contribution in [0.4, 0.5) is 0 Å². The second-order valence-electron chi connectivity index (χ2n) is 8.23. The van der Waals surface area contributed by atoms with Crippen molar-refractivity contribution in [2.45, 2.75) is 130 Å². The minimum absolute atomic E-state index is 0.00221. The molecule has 3 nitrogen and oxygen atoms in total. The zero-order valence-corrected chi connectivity index (χ0v) is 18.2. The first-order chi connectivity index (χ1) is 13.1. The Balaban J connectivity index is 2.28. The van der Waals surface area contributed by atoms with E-state index in [9.17, 15) is 9.59 Å². The van der Waals surface area contributed by atoms with E-state index in [1.807, 2.05) is 0 Å². The SMILES string of the molecule is CCCC=C(C)C(CCCCCCCCCCCCC)N1C(=O)CCC1=O. The van der Waals surface area contributed by atoms with Crippen molar-refractivity contribution in [2.75, 3.05) is 0 Å². The summed E-state index contributed by atoms with van der Waals surface area (Å²) in [6.07, 6.45) is 20.6. The second-order valence-corrected chi connectivity index (χ2v) is 8.23. The molecule has 0 aromatic rings. The predicted octanol–water partition coefficient (Wildman–Crippen LogP) is 6.95. The first-order valence-electron chi connectivity index (χ1n) is 11.6. The van der Waals surface area contributed by atoms with Crippen molar-refractivity contribution in [2.24, 2.45) is 0 Å². The smallest absolute Gasteiger partial charge is 0.230 e. The summed E-state index contributed by atoms with van der Waals surface area (Å²) in [7, 11) is 0. The quantitative estimate of drug-likeness (QED) is 0.166. The monoisotopic (exact) mass is 377 g/mol. The van der Waals surface area contributed by atoms with Crippen molar-refractivity contribution in [3.63, 3.8) is 0 Å². The van der Waals surface area contributed by atoms with Gasteiger partial charge in [0.25, 0.3) is 0 Å². The van der Waals surface area contributed by atoms with Gasteiger partial charge < -0.3 is 0 Å². The molecule has 0 radical (unpaired) electrons. The van der Waals surface area contributed by atoms with Gasteiger partial charge in [0.15, 0.2) is 0 Å². The van der Waals surface area contributed by atoms with E-state index in [0.29, 0.717) is 12.8 Å². The highest BCUT2D eigenvalue weighted by atomic mass is 16.2. The molecular weight excluding hydrogens is 334 g/mol. The lowest BCUT2D eigenvalue weighted by molar-refractivity contribution is -0.140. The minimum Gasteiger partial charge on any atom is -0.275 e. The predicted molar refractivity (Wildman–Crippen MR) is 115 cm³/mol. The number of imide groups is 1. The maximum absolute atomic E-state index is 12.2. The summed E-state index contributed by atoms with van der Waals surface area (Å²) >= 11 is 0. The fraction of sp³-hybridized carbons (Fsp3) is 0.833. The molecule has 27 heavy (non-hydrogen) atoms. The number of hydrogen-bond acceptors (Lipinski definition) is 2. The molecule has 0 bridgehead atoms. The van der Waals surface area contributed by atoms with E-state index in [4.69, 9.17) is 0 Å². The van der Waals surface area contributed by atoms with E-state index in [2.05, 4.69) is 26.8 Å². The molecule has 0 aromatic carbocycles. The molecule has 156 valence electrons. The topological polar surface area (TPSA) is 37.4 Å². The molecule has 1 aliphatic heterocycles. The van der Waals surface area contributed by atoms with Gasteiger partial charge in [0.1, 0.15) is 0 Å². The van der Waals surface area contributed by atoms with Crippen molar-refractivity contribution in [1.82, 2.24) is 4.90 Å². The minimum atomic E-state index is -0.00221. The van der Waals surface area contributed by atoms with Gasteiger partial charge >= 0.3 is 0 Å². The summed E-state index contributed by atoms with van der Waals surface area (Å²) in [5.41, 5.74) is 1.20. The molecule has 1 atom stereocenters. The normalized spacial score (nSPS) is 16.4. The number of hydrogen-bond donors (Lipinski definition) is 0. The summed E-state index contributed by atoms with van der Waals surface area (Å²) in [4.78, 5) is 25.9. The maximum atomic E-state index is 12.2. The summed E-state index contributed by atoms with van der Waals surface area (Å²) in [5.74, 6) is 0.0506. The fourth-order valence-corrected chi connectivity index (χ4v) is 4.01. The van der Waals surface area contributed by atoms with Crippen LogP contribution in [0.5, 0.6) is 0 Å². The largest absolute Gasteiger partial charge is 0.275 e. The van der Waals surface area contributed by atoms with Crippen LogP contribution in [0, 0.1) is 0 Å². The number of nitrogens with zero attached hydrogens (tertiary/aromatic N) is 1. The molecule has 3 heteroatoms. The lowest BCUT2D eigenvalue weighted by Gasteiger charge is -2.27. The third-order valence-corrected chi connectivity index (χ3v) is 5.76. The number of allylic oxidation sites excluding steroid dienone is 1. The van der Waals surface area contributed by atoms with Gasteiger partial charge in [0.2, 0.25) is 11.8 Å². The maximum Gasteiger partial charge on any atom is 0.230 e. The summed E-state index contributed by atoms with van der Waals surface area (Å²) in [6.45, 7) is 6.52. The van der Waals surface area contributed by atoms with Crippen LogP contribution >= 0.6 is 0 Å². The number of likely N-dealkylation sites (tertiary alicyclic amines) is 1. The van der Waals surface area contributed by atoms with E-state index < -0.39 is 0 Å². The molecule has 2 amide bonds. The molecule has 1 saturated heterocycles. The molecule has 0 aliphatic carbocycles. The fourth-order valence-electron chi connectivity index (χ4n) is 4.01. The third-order valence-electron chi connectivity index (χ3n) is 5.76. The Morgan fingerprint density at radius 3 is 1.78 bits per heavy atom. The van der Waals surface area contributed by atoms with Crippen LogP contribution in [0.25, 0.3) is 0 Å². The van der Waals surface area contributed by atoms with E-state index in [1.165, 1.54) is 69.8 Å². The molecule has 0 aromatic heterocycles. The molecule has 1 unspecified atom stereocenters. The van der Waals surface area contributed by atoms with E-state index in [-0.39, 0.29) is 17.9 Å². The van der Waals surface area contributed by atoms with Crippen molar-refractivity contribution in [3.8, 4) is 0 Å². The first kappa shape index (κ1) is 23.9.